The molecule has 1 heterocycles. The lowest BCUT2D eigenvalue weighted by Gasteiger charge is -2.42. The van der Waals surface area contributed by atoms with Crippen LogP contribution in [-0.4, -0.2) is 47.8 Å². The second kappa shape index (κ2) is 4.63. The molecule has 2 rings (SSSR count). The molecule has 17 heavy (non-hydrogen) atoms. The maximum absolute atomic E-state index is 12.3. The number of nitrogens with zero attached hydrogens (tertiary/aromatic N) is 2. The number of aliphatic hydroxyl groups is 1. The van der Waals surface area contributed by atoms with Gasteiger partial charge in [-0.15, -0.1) is 0 Å². The van der Waals surface area contributed by atoms with Gasteiger partial charge < -0.3 is 14.7 Å². The van der Waals surface area contributed by atoms with Crippen molar-refractivity contribution >= 4 is 5.91 Å². The van der Waals surface area contributed by atoms with E-state index in [2.05, 4.69) is 6.07 Å². The summed E-state index contributed by atoms with van der Waals surface area (Å²) in [6.45, 7) is 2.69. The Balaban J connectivity index is 2.06. The van der Waals surface area contributed by atoms with Crippen LogP contribution in [0.2, 0.25) is 0 Å². The zero-order valence-corrected chi connectivity index (χ0v) is 10.1. The third-order valence-corrected chi connectivity index (χ3v) is 3.65. The summed E-state index contributed by atoms with van der Waals surface area (Å²) in [5, 5.41) is 18.3. The summed E-state index contributed by atoms with van der Waals surface area (Å²) in [6, 6.07) is 2.17. The summed E-state index contributed by atoms with van der Waals surface area (Å²) in [5.74, 6) is -0.0835. The number of ether oxygens (including phenoxy) is 1. The van der Waals surface area contributed by atoms with E-state index in [1.165, 1.54) is 0 Å². The summed E-state index contributed by atoms with van der Waals surface area (Å²) in [5.41, 5.74) is -0.795. The SMILES string of the molecule is CC1CN(C(=O)C2(C#N)CCC2)CC(CO)O1. The molecule has 1 N–H and O–H groups in total. The number of carbonyl (C=O) groups excluding carboxylic acids is 1. The number of hydrogen-bond acceptors (Lipinski definition) is 4. The minimum atomic E-state index is -0.795. The average Bonchev–Trinajstić information content (AvgIpc) is 2.27. The largest absolute Gasteiger partial charge is 0.394 e. The van der Waals surface area contributed by atoms with Crippen molar-refractivity contribution in [3.05, 3.63) is 0 Å². The van der Waals surface area contributed by atoms with E-state index in [0.29, 0.717) is 25.9 Å². The Kier molecular flexibility index (Phi) is 3.36. The van der Waals surface area contributed by atoms with Gasteiger partial charge in [0.2, 0.25) is 5.91 Å². The van der Waals surface area contributed by atoms with Crippen LogP contribution >= 0.6 is 0 Å². The Morgan fingerprint density at radius 1 is 1.59 bits per heavy atom. The van der Waals surface area contributed by atoms with Gasteiger partial charge in [-0.05, 0) is 26.2 Å². The van der Waals surface area contributed by atoms with Crippen LogP contribution in [0.3, 0.4) is 0 Å². The highest BCUT2D eigenvalue weighted by molar-refractivity contribution is 5.86. The number of rotatable bonds is 2. The minimum absolute atomic E-state index is 0.0827. The lowest BCUT2D eigenvalue weighted by atomic mass is 9.69. The summed E-state index contributed by atoms with van der Waals surface area (Å²) in [6.07, 6.45) is 1.87. The first-order valence-corrected chi connectivity index (χ1v) is 6.08. The lowest BCUT2D eigenvalue weighted by Crippen LogP contribution is -2.55. The maximum Gasteiger partial charge on any atom is 0.243 e. The monoisotopic (exact) mass is 238 g/mol. The first-order chi connectivity index (χ1) is 8.11. The normalized spacial score (nSPS) is 31.5. The fourth-order valence-corrected chi connectivity index (χ4v) is 2.52. The second-order valence-electron chi connectivity index (χ2n) is 5.01. The van der Waals surface area contributed by atoms with E-state index in [1.807, 2.05) is 6.92 Å². The lowest BCUT2D eigenvalue weighted by molar-refractivity contribution is -0.158. The van der Waals surface area contributed by atoms with Crippen LogP contribution < -0.4 is 0 Å². The van der Waals surface area contributed by atoms with Crippen LogP contribution in [0.4, 0.5) is 0 Å². The molecule has 5 nitrogen and oxygen atoms in total. The van der Waals surface area contributed by atoms with Crippen molar-refractivity contribution in [2.45, 2.75) is 38.4 Å². The molecule has 0 radical (unpaired) electrons. The van der Waals surface area contributed by atoms with Crippen LogP contribution in [0.15, 0.2) is 0 Å². The predicted octanol–water partition coefficient (Wildman–Crippen LogP) is 0.288. The van der Waals surface area contributed by atoms with Gasteiger partial charge in [0, 0.05) is 13.1 Å². The number of hydrogen-bond donors (Lipinski definition) is 1. The van der Waals surface area contributed by atoms with Gasteiger partial charge in [-0.25, -0.2) is 0 Å². The molecule has 94 valence electrons. The van der Waals surface area contributed by atoms with Crippen molar-refractivity contribution in [2.24, 2.45) is 5.41 Å². The molecule has 0 aromatic rings. The highest BCUT2D eigenvalue weighted by Gasteiger charge is 2.48. The smallest absolute Gasteiger partial charge is 0.243 e. The van der Waals surface area contributed by atoms with E-state index in [1.54, 1.807) is 4.90 Å². The summed E-state index contributed by atoms with van der Waals surface area (Å²) >= 11 is 0. The standard InChI is InChI=1S/C12H18N2O3/c1-9-5-14(6-10(7-15)17-9)11(16)12(8-13)3-2-4-12/h9-10,15H,2-7H2,1H3. The topological polar surface area (TPSA) is 73.6 Å². The van der Waals surface area contributed by atoms with E-state index >= 15 is 0 Å². The molecule has 2 aliphatic rings. The second-order valence-corrected chi connectivity index (χ2v) is 5.01. The molecule has 2 unspecified atom stereocenters. The predicted molar refractivity (Wildman–Crippen MR) is 59.9 cm³/mol. The third kappa shape index (κ3) is 2.15. The molecule has 2 atom stereocenters. The van der Waals surface area contributed by atoms with Crippen molar-refractivity contribution in [3.8, 4) is 6.07 Å². The maximum atomic E-state index is 12.3. The first kappa shape index (κ1) is 12.3. The highest BCUT2D eigenvalue weighted by Crippen LogP contribution is 2.42. The minimum Gasteiger partial charge on any atom is -0.394 e. The van der Waals surface area contributed by atoms with Gasteiger partial charge in [-0.3, -0.25) is 4.79 Å². The number of aliphatic hydroxyl groups excluding tert-OH is 1. The van der Waals surface area contributed by atoms with Crippen LogP contribution in [0.5, 0.6) is 0 Å². The Bertz CT molecular complexity index is 346. The fraction of sp³-hybridized carbons (Fsp3) is 0.833. The molecule has 1 aliphatic heterocycles. The van der Waals surface area contributed by atoms with Crippen LogP contribution in [0.1, 0.15) is 26.2 Å². The van der Waals surface area contributed by atoms with Gasteiger partial charge in [0.05, 0.1) is 24.9 Å². The molecule has 0 aromatic heterocycles. The Morgan fingerprint density at radius 3 is 2.76 bits per heavy atom. The van der Waals surface area contributed by atoms with Gasteiger partial charge in [0.25, 0.3) is 0 Å². The molecule has 0 spiro atoms. The van der Waals surface area contributed by atoms with Crippen molar-refractivity contribution in [3.63, 3.8) is 0 Å². The molecule has 2 fully saturated rings. The molecule has 0 bridgehead atoms. The number of carbonyl (C=O) groups is 1. The van der Waals surface area contributed by atoms with Crippen molar-refractivity contribution in [1.82, 2.24) is 4.90 Å². The van der Waals surface area contributed by atoms with E-state index in [0.717, 1.165) is 6.42 Å². The van der Waals surface area contributed by atoms with E-state index in [4.69, 9.17) is 15.1 Å². The molecule has 1 amide bonds. The van der Waals surface area contributed by atoms with E-state index in [9.17, 15) is 4.79 Å². The molecule has 0 aromatic carbocycles. The Hall–Kier alpha value is -1.12. The molecular formula is C12H18N2O3. The quantitative estimate of drug-likeness (QED) is 0.750. The first-order valence-electron chi connectivity index (χ1n) is 6.08. The third-order valence-electron chi connectivity index (χ3n) is 3.65. The van der Waals surface area contributed by atoms with Gasteiger partial charge in [-0.1, -0.05) is 0 Å². The molecule has 1 aliphatic carbocycles. The average molecular weight is 238 g/mol. The summed E-state index contributed by atoms with van der Waals surface area (Å²) in [4.78, 5) is 14.0. The summed E-state index contributed by atoms with van der Waals surface area (Å²) in [7, 11) is 0. The van der Waals surface area contributed by atoms with E-state index < -0.39 is 5.41 Å². The Labute approximate surface area is 101 Å². The Morgan fingerprint density at radius 2 is 2.29 bits per heavy atom. The van der Waals surface area contributed by atoms with Crippen LogP contribution in [0.25, 0.3) is 0 Å². The zero-order valence-electron chi connectivity index (χ0n) is 10.1. The van der Waals surface area contributed by atoms with Gasteiger partial charge in [0.15, 0.2) is 0 Å². The fourth-order valence-electron chi connectivity index (χ4n) is 2.52. The zero-order chi connectivity index (χ0) is 12.5. The van der Waals surface area contributed by atoms with Crippen LogP contribution in [0, 0.1) is 16.7 Å². The van der Waals surface area contributed by atoms with Crippen molar-refractivity contribution in [1.29, 1.82) is 5.26 Å². The van der Waals surface area contributed by atoms with Gasteiger partial charge in [-0.2, -0.15) is 5.26 Å². The highest BCUT2D eigenvalue weighted by atomic mass is 16.5. The molecule has 1 saturated heterocycles. The van der Waals surface area contributed by atoms with Gasteiger partial charge in [0.1, 0.15) is 5.41 Å². The van der Waals surface area contributed by atoms with Gasteiger partial charge >= 0.3 is 0 Å². The number of nitriles is 1. The van der Waals surface area contributed by atoms with Crippen LogP contribution in [-0.2, 0) is 9.53 Å². The van der Waals surface area contributed by atoms with E-state index in [-0.39, 0.29) is 24.7 Å². The molecule has 1 saturated carbocycles. The molecular weight excluding hydrogens is 220 g/mol. The van der Waals surface area contributed by atoms with Crippen molar-refractivity contribution < 1.29 is 14.6 Å². The summed E-state index contributed by atoms with van der Waals surface area (Å²) < 4.78 is 5.49. The number of amides is 1. The number of morpholine rings is 1. The molecule has 5 heteroatoms. The van der Waals surface area contributed by atoms with Crippen molar-refractivity contribution in [2.75, 3.05) is 19.7 Å².